The molecule has 1 saturated heterocycles. The van der Waals surface area contributed by atoms with Crippen molar-refractivity contribution in [2.75, 3.05) is 19.0 Å². The van der Waals surface area contributed by atoms with Crippen LogP contribution in [0.1, 0.15) is 70.9 Å². The van der Waals surface area contributed by atoms with Gasteiger partial charge in [0.1, 0.15) is 18.5 Å². The Hall–Kier alpha value is -4.95. The van der Waals surface area contributed by atoms with Gasteiger partial charge in [-0.25, -0.2) is 14.8 Å². The van der Waals surface area contributed by atoms with Gasteiger partial charge in [-0.15, -0.1) is 0 Å². The molecule has 2 aliphatic rings. The zero-order valence-electron chi connectivity index (χ0n) is 30.0. The smallest absolute Gasteiger partial charge is 0.410 e. The van der Waals surface area contributed by atoms with Crippen molar-refractivity contribution in [2.24, 2.45) is 0 Å². The Kier molecular flexibility index (Phi) is 10.9. The number of hydrogen-bond acceptors (Lipinski definition) is 11. The van der Waals surface area contributed by atoms with Crippen LogP contribution in [0.15, 0.2) is 49.1 Å². The lowest BCUT2D eigenvalue weighted by Gasteiger charge is -2.27. The summed E-state index contributed by atoms with van der Waals surface area (Å²) in [5, 5.41) is 7.87. The number of rotatable bonds is 13. The van der Waals surface area contributed by atoms with Crippen molar-refractivity contribution in [1.29, 1.82) is 0 Å². The third-order valence-corrected chi connectivity index (χ3v) is 8.18. The molecule has 2 amide bonds. The molecule has 2 unspecified atom stereocenters. The van der Waals surface area contributed by atoms with Crippen LogP contribution >= 0.6 is 0 Å². The largest absolute Gasteiger partial charge is 0.493 e. The minimum absolute atomic E-state index is 0.0516. The number of aromatic nitrogens is 4. The second kappa shape index (κ2) is 15.5. The molecule has 0 bridgehead atoms. The molecule has 1 N–H and O–H groups in total. The molecule has 2 aromatic heterocycles. The van der Waals surface area contributed by atoms with Gasteiger partial charge in [0, 0.05) is 30.9 Å². The maximum absolute atomic E-state index is 13.1. The van der Waals surface area contributed by atoms with Crippen molar-refractivity contribution in [1.82, 2.24) is 24.6 Å². The highest BCUT2D eigenvalue weighted by Gasteiger charge is 2.35. The molecule has 0 radical (unpaired) electrons. The van der Waals surface area contributed by atoms with E-state index in [1.807, 2.05) is 52.8 Å². The Morgan fingerprint density at radius 3 is 2.63 bits per heavy atom. The van der Waals surface area contributed by atoms with E-state index in [4.69, 9.17) is 28.4 Å². The van der Waals surface area contributed by atoms with E-state index in [0.29, 0.717) is 47.0 Å². The summed E-state index contributed by atoms with van der Waals surface area (Å²) >= 11 is 0. The van der Waals surface area contributed by atoms with Gasteiger partial charge in [0.05, 0.1) is 30.4 Å². The number of ether oxygens (including phenoxy) is 6. The number of anilines is 1. The van der Waals surface area contributed by atoms with Gasteiger partial charge in [-0.1, -0.05) is 6.07 Å². The number of methoxy groups -OCH3 is 1. The molecule has 6 rings (SSSR count). The Balaban J connectivity index is 1.08. The molecule has 2 aromatic carbocycles. The predicted octanol–water partition coefficient (Wildman–Crippen LogP) is 6.74. The first-order chi connectivity index (χ1) is 24.4. The number of carbonyl (C=O) groups excluding carboxylic acids is 2. The quantitative estimate of drug-likeness (QED) is 0.148. The van der Waals surface area contributed by atoms with Crippen LogP contribution in [0, 0.1) is 6.92 Å². The highest BCUT2D eigenvalue weighted by Crippen LogP contribution is 2.37. The Labute approximate surface area is 297 Å². The molecule has 0 spiro atoms. The fraction of sp³-hybridized carbons (Fsp3) is 0.486. The lowest BCUT2D eigenvalue weighted by molar-refractivity contribution is -0.225. The van der Waals surface area contributed by atoms with Crippen molar-refractivity contribution in [3.05, 3.63) is 60.2 Å². The van der Waals surface area contributed by atoms with Crippen molar-refractivity contribution in [2.45, 2.75) is 104 Å². The summed E-state index contributed by atoms with van der Waals surface area (Å²) in [6.45, 7) is 10.4. The average molecular weight is 703 g/mol. The number of nitrogens with one attached hydrogen (secondary N) is 1. The van der Waals surface area contributed by atoms with Gasteiger partial charge in [0.15, 0.2) is 29.8 Å². The summed E-state index contributed by atoms with van der Waals surface area (Å²) in [6.07, 6.45) is 8.13. The zero-order chi connectivity index (χ0) is 36.1. The predicted molar refractivity (Wildman–Crippen MR) is 188 cm³/mol. The van der Waals surface area contributed by atoms with Gasteiger partial charge in [0.25, 0.3) is 0 Å². The molecule has 4 aromatic rings. The van der Waals surface area contributed by atoms with Crippen molar-refractivity contribution < 1.29 is 38.0 Å². The van der Waals surface area contributed by atoms with Crippen LogP contribution in [0.3, 0.4) is 0 Å². The van der Waals surface area contributed by atoms with Gasteiger partial charge in [0.2, 0.25) is 11.8 Å². The molecule has 2 atom stereocenters. The number of nitrogens with zero attached hydrogens (tertiary/aromatic N) is 5. The second-order valence-electron chi connectivity index (χ2n) is 13.9. The Morgan fingerprint density at radius 1 is 1.08 bits per heavy atom. The van der Waals surface area contributed by atoms with Crippen molar-refractivity contribution in [3.8, 4) is 23.1 Å². The summed E-state index contributed by atoms with van der Waals surface area (Å²) in [5.41, 5.74) is 2.49. The highest BCUT2D eigenvalue weighted by atomic mass is 16.8. The van der Waals surface area contributed by atoms with Gasteiger partial charge in [-0.3, -0.25) is 9.48 Å². The maximum Gasteiger partial charge on any atom is 0.410 e. The summed E-state index contributed by atoms with van der Waals surface area (Å²) in [7, 11) is 1.55. The summed E-state index contributed by atoms with van der Waals surface area (Å²) in [5.74, 6) is 1.31. The number of benzene rings is 2. The SMILES string of the molecule is COc1cc2c(Oc3cnn(CC(=O)Nc4cc(C)cc(CN(C(=O)OC(C)(C)C)C5CC5)c4)c3)ncnc2cc1OC(C)OC1CCCCO1. The number of carbonyl (C=O) groups is 2. The molecule has 14 heteroatoms. The van der Waals surface area contributed by atoms with Crippen molar-refractivity contribution in [3.63, 3.8) is 0 Å². The molecule has 1 saturated carbocycles. The van der Waals surface area contributed by atoms with Gasteiger partial charge in [-0.2, -0.15) is 5.10 Å². The van der Waals surface area contributed by atoms with Crippen molar-refractivity contribution >= 4 is 28.6 Å². The van der Waals surface area contributed by atoms with Gasteiger partial charge in [-0.05, 0) is 96.0 Å². The first kappa shape index (κ1) is 35.9. The lowest BCUT2D eigenvalue weighted by Crippen LogP contribution is -2.37. The van der Waals surface area contributed by atoms with Crippen LogP contribution in [0.25, 0.3) is 10.9 Å². The summed E-state index contributed by atoms with van der Waals surface area (Å²) < 4.78 is 36.5. The molecule has 272 valence electrons. The summed E-state index contributed by atoms with van der Waals surface area (Å²) in [6, 6.07) is 9.43. The zero-order valence-corrected chi connectivity index (χ0v) is 30.0. The first-order valence-electron chi connectivity index (χ1n) is 17.3. The minimum Gasteiger partial charge on any atom is -0.493 e. The molecule has 1 aliphatic carbocycles. The Morgan fingerprint density at radius 2 is 1.90 bits per heavy atom. The van der Waals surface area contributed by atoms with E-state index in [9.17, 15) is 9.59 Å². The van der Waals surface area contributed by atoms with E-state index in [1.54, 1.807) is 30.3 Å². The van der Waals surface area contributed by atoms with Gasteiger partial charge >= 0.3 is 6.09 Å². The number of aryl methyl sites for hydroxylation is 1. The topological polar surface area (TPSA) is 148 Å². The third kappa shape index (κ3) is 9.85. The lowest BCUT2D eigenvalue weighted by atomic mass is 10.1. The molecular weight excluding hydrogens is 656 g/mol. The molecule has 51 heavy (non-hydrogen) atoms. The summed E-state index contributed by atoms with van der Waals surface area (Å²) in [4.78, 5) is 36.5. The van der Waals surface area contributed by atoms with Crippen LogP contribution in [-0.2, 0) is 32.1 Å². The van der Waals surface area contributed by atoms with Crippen LogP contribution < -0.4 is 19.5 Å². The average Bonchev–Trinajstić information content (AvgIpc) is 3.81. The molecular formula is C37H46N6O8. The number of amides is 2. The standard InChI is InChI=1S/C37H46N6O8/c1-23-13-25(19-43(27-10-11-27)36(45)51-37(3,4)5)15-26(14-23)41-33(44)21-42-20-28(18-40-42)50-35-29-16-31(46-6)32(17-30(29)38-22-39-35)48-24(2)49-34-9-7-8-12-47-34/h13-18,20,22,24,27,34H,7-12,19,21H2,1-6H3,(H,41,44). The van der Waals surface area contributed by atoms with Crippen LogP contribution in [0.5, 0.6) is 23.1 Å². The van der Waals surface area contributed by atoms with Crippen LogP contribution in [-0.4, -0.2) is 74.6 Å². The van der Waals surface area contributed by atoms with E-state index in [-0.39, 0.29) is 36.8 Å². The minimum atomic E-state index is -0.581. The van der Waals surface area contributed by atoms with Gasteiger partial charge < -0.3 is 38.6 Å². The third-order valence-electron chi connectivity index (χ3n) is 8.18. The number of fused-ring (bicyclic) bond motifs is 1. The monoisotopic (exact) mass is 702 g/mol. The Bertz CT molecular complexity index is 1850. The molecule has 3 heterocycles. The molecule has 2 fully saturated rings. The van der Waals surface area contributed by atoms with E-state index in [2.05, 4.69) is 20.4 Å². The van der Waals surface area contributed by atoms with Crippen LogP contribution in [0.2, 0.25) is 0 Å². The van der Waals surface area contributed by atoms with E-state index in [1.165, 1.54) is 17.2 Å². The highest BCUT2D eigenvalue weighted by molar-refractivity contribution is 5.90. The molecule has 1 aliphatic heterocycles. The fourth-order valence-electron chi connectivity index (χ4n) is 5.83. The normalized spacial score (nSPS) is 16.7. The van der Waals surface area contributed by atoms with E-state index >= 15 is 0 Å². The van der Waals surface area contributed by atoms with Crippen LogP contribution in [0.4, 0.5) is 10.5 Å². The van der Waals surface area contributed by atoms with E-state index < -0.39 is 11.9 Å². The van der Waals surface area contributed by atoms with E-state index in [0.717, 1.165) is 43.2 Å². The number of hydrogen-bond donors (Lipinski definition) is 1. The first-order valence-corrected chi connectivity index (χ1v) is 17.3. The fourth-order valence-corrected chi connectivity index (χ4v) is 5.83. The maximum atomic E-state index is 13.1. The molecule has 14 nitrogen and oxygen atoms in total. The second-order valence-corrected chi connectivity index (χ2v) is 13.9.